The van der Waals surface area contributed by atoms with E-state index in [1.54, 1.807) is 6.92 Å². The summed E-state index contributed by atoms with van der Waals surface area (Å²) in [6, 6.07) is -0.769. The third kappa shape index (κ3) is 5.91. The number of rotatable bonds is 9. The lowest BCUT2D eigenvalue weighted by molar-refractivity contribution is -0.0824. The minimum atomic E-state index is -3.00. The molecule has 154 valence electrons. The van der Waals surface area contributed by atoms with E-state index in [2.05, 4.69) is 45.0 Å². The summed E-state index contributed by atoms with van der Waals surface area (Å²) in [5.74, 6) is 0. The average Bonchev–Trinajstić information content (AvgIpc) is 2.78. The summed E-state index contributed by atoms with van der Waals surface area (Å²) in [7, 11) is 2.45. The molecule has 1 heterocycles. The number of aliphatic hydroxyl groups excluding tert-OH is 1. The molecular formula is C17H33BNO6PSi. The largest absolute Gasteiger partial charge is 0.409 e. The van der Waals surface area contributed by atoms with Crippen LogP contribution in [0.2, 0.25) is 18.1 Å². The van der Waals surface area contributed by atoms with Gasteiger partial charge in [0.05, 0.1) is 12.7 Å². The number of nitrogens with zero attached hydrogens (tertiary/aromatic N) is 1. The van der Waals surface area contributed by atoms with Gasteiger partial charge >= 0.3 is 0 Å². The highest BCUT2D eigenvalue weighted by atomic mass is 31.2. The zero-order chi connectivity index (χ0) is 21.1. The van der Waals surface area contributed by atoms with Gasteiger partial charge in [-0.2, -0.15) is 0 Å². The maximum Gasteiger partial charge on any atom is 0.251 e. The monoisotopic (exact) mass is 417 g/mol. The van der Waals surface area contributed by atoms with Crippen molar-refractivity contribution >= 4 is 30.0 Å². The minimum absolute atomic E-state index is 0.0421. The molecule has 1 aliphatic heterocycles. The lowest BCUT2D eigenvalue weighted by Gasteiger charge is -2.42. The molecule has 2 radical (unpaired) electrons. The zero-order valence-electron chi connectivity index (χ0n) is 17.5. The lowest BCUT2D eigenvalue weighted by Crippen LogP contribution is -2.52. The Morgan fingerprint density at radius 3 is 2.44 bits per heavy atom. The smallest absolute Gasteiger partial charge is 0.251 e. The topological polar surface area (TPSA) is 70.7 Å². The highest BCUT2D eigenvalue weighted by molar-refractivity contribution is 7.59. The molecule has 1 aliphatic rings. The number of ether oxygens (including phenoxy) is 1. The number of aliphatic hydroxyl groups is 1. The van der Waals surface area contributed by atoms with E-state index in [-0.39, 0.29) is 24.8 Å². The fourth-order valence-electron chi connectivity index (χ4n) is 2.43. The first kappa shape index (κ1) is 24.9. The molecule has 0 aromatic carbocycles. The van der Waals surface area contributed by atoms with Crippen LogP contribution in [0.1, 0.15) is 27.7 Å². The van der Waals surface area contributed by atoms with E-state index in [9.17, 15) is 5.11 Å². The molecule has 5 atom stereocenters. The van der Waals surface area contributed by atoms with Crippen LogP contribution in [0.15, 0.2) is 0 Å². The average molecular weight is 417 g/mol. The molecule has 2 unspecified atom stereocenters. The minimum Gasteiger partial charge on any atom is -0.409 e. The summed E-state index contributed by atoms with van der Waals surface area (Å²) >= 11 is 0. The van der Waals surface area contributed by atoms with Crippen LogP contribution in [0.4, 0.5) is 0 Å². The van der Waals surface area contributed by atoms with Crippen molar-refractivity contribution in [1.82, 2.24) is 0 Å². The second-order valence-electron chi connectivity index (χ2n) is 8.43. The van der Waals surface area contributed by atoms with Crippen LogP contribution >= 0.6 is 7.57 Å². The van der Waals surface area contributed by atoms with Gasteiger partial charge in [-0.25, -0.2) is 6.57 Å². The maximum absolute atomic E-state index is 9.94. The van der Waals surface area contributed by atoms with Gasteiger partial charge in [0.15, 0.2) is 8.32 Å². The van der Waals surface area contributed by atoms with Gasteiger partial charge in [0.2, 0.25) is 6.54 Å². The van der Waals surface area contributed by atoms with Crippen molar-refractivity contribution in [3.05, 3.63) is 11.4 Å². The van der Waals surface area contributed by atoms with Gasteiger partial charge in [-0.05, 0) is 31.4 Å². The Hall–Kier alpha value is -0.168. The van der Waals surface area contributed by atoms with Crippen molar-refractivity contribution in [2.45, 2.75) is 69.6 Å². The summed E-state index contributed by atoms with van der Waals surface area (Å²) < 4.78 is 29.5. The zero-order valence-corrected chi connectivity index (χ0v) is 19.4. The fraction of sp³-hybridized carbons (Fsp3) is 0.882. The normalized spacial score (nSPS) is 31.4. The summed E-state index contributed by atoms with van der Waals surface area (Å²) in [5, 5.41) is 9.90. The van der Waals surface area contributed by atoms with Crippen LogP contribution in [0.25, 0.3) is 4.85 Å². The Labute approximate surface area is 166 Å². The van der Waals surface area contributed by atoms with Crippen LogP contribution in [0.5, 0.6) is 0 Å². The lowest BCUT2D eigenvalue weighted by atomic mass is 9.90. The third-order valence-electron chi connectivity index (χ3n) is 5.22. The molecule has 0 aliphatic carbocycles. The molecule has 1 N–H and O–H groups in total. The summed E-state index contributed by atoms with van der Waals surface area (Å²) in [5.41, 5.74) is -1.09. The van der Waals surface area contributed by atoms with Gasteiger partial charge in [-0.3, -0.25) is 0 Å². The molecule has 7 nitrogen and oxygen atoms in total. The second kappa shape index (κ2) is 9.10. The molecule has 1 fully saturated rings. The Morgan fingerprint density at radius 2 is 2.00 bits per heavy atom. The Kier molecular flexibility index (Phi) is 8.38. The molecule has 1 rings (SSSR count). The predicted molar refractivity (Wildman–Crippen MR) is 112 cm³/mol. The van der Waals surface area contributed by atoms with Crippen LogP contribution in [0, 0.1) is 6.57 Å². The highest BCUT2D eigenvalue weighted by Gasteiger charge is 2.55. The van der Waals surface area contributed by atoms with Gasteiger partial charge in [0, 0.05) is 13.1 Å². The summed E-state index contributed by atoms with van der Waals surface area (Å²) in [6.45, 7) is 19.2. The third-order valence-corrected chi connectivity index (χ3v) is 11.4. The predicted octanol–water partition coefficient (Wildman–Crippen LogP) is 2.81. The maximum atomic E-state index is 9.94. The van der Waals surface area contributed by atoms with Gasteiger partial charge in [0.1, 0.15) is 26.2 Å². The van der Waals surface area contributed by atoms with E-state index < -0.39 is 39.7 Å². The standard InChI is InChI=1S/C17H33BNO6PSi/c1-16(2,3)27(8,9)25-13-14(17(4,12-20)23-15(13)18)24-26(7,21-6)22-11-10-19-5/h13-15,20H,7,10-12H2,1-4,6,8-9H3/t13?,14-,15-,17-,26?/m1/s1. The summed E-state index contributed by atoms with van der Waals surface area (Å²) in [4.78, 5) is 3.25. The number of hydrogen-bond acceptors (Lipinski definition) is 6. The van der Waals surface area contributed by atoms with Crippen molar-refractivity contribution in [2.24, 2.45) is 0 Å². The highest BCUT2D eigenvalue weighted by Crippen LogP contribution is 2.53. The molecule has 0 spiro atoms. The van der Waals surface area contributed by atoms with Gasteiger partial charge in [0.25, 0.3) is 7.57 Å². The van der Waals surface area contributed by atoms with Crippen molar-refractivity contribution in [1.29, 1.82) is 0 Å². The molecule has 0 aromatic rings. The van der Waals surface area contributed by atoms with Crippen molar-refractivity contribution in [3.63, 3.8) is 0 Å². The van der Waals surface area contributed by atoms with Gasteiger partial charge in [-0.15, -0.1) is 0 Å². The van der Waals surface area contributed by atoms with Gasteiger partial charge < -0.3 is 32.7 Å². The first-order valence-electron chi connectivity index (χ1n) is 8.92. The molecular weight excluding hydrogens is 384 g/mol. The fourth-order valence-corrected chi connectivity index (χ4v) is 5.03. The van der Waals surface area contributed by atoms with Crippen LogP contribution < -0.4 is 0 Å². The van der Waals surface area contributed by atoms with Crippen LogP contribution in [0.3, 0.4) is 0 Å². The molecule has 27 heavy (non-hydrogen) atoms. The van der Waals surface area contributed by atoms with Crippen molar-refractivity contribution < 1.29 is 27.8 Å². The van der Waals surface area contributed by atoms with Gasteiger partial charge in [-0.1, -0.05) is 20.8 Å². The molecule has 1 saturated heterocycles. The van der Waals surface area contributed by atoms with E-state index in [0.717, 1.165) is 0 Å². The molecule has 0 aromatic heterocycles. The summed E-state index contributed by atoms with van der Waals surface area (Å²) in [6.07, 6.45) is 2.61. The first-order valence-corrected chi connectivity index (χ1v) is 13.6. The van der Waals surface area contributed by atoms with Crippen LogP contribution in [-0.4, -0.2) is 78.3 Å². The van der Waals surface area contributed by atoms with E-state index in [4.69, 9.17) is 37.2 Å². The van der Waals surface area contributed by atoms with E-state index in [1.807, 2.05) is 0 Å². The molecule has 0 amide bonds. The second-order valence-corrected chi connectivity index (χ2v) is 15.2. The Balaban J connectivity index is 3.15. The SMILES string of the molecule is [B][C@@H]1O[C@](C)(CO)[C@H](OP(=C)(OC)OCC[N+]#[C-])C1O[Si](C)(C)C(C)(C)C. The molecule has 0 bridgehead atoms. The Morgan fingerprint density at radius 1 is 1.41 bits per heavy atom. The van der Waals surface area contributed by atoms with E-state index in [1.165, 1.54) is 7.11 Å². The van der Waals surface area contributed by atoms with E-state index in [0.29, 0.717) is 0 Å². The quantitative estimate of drug-likeness (QED) is 0.269. The van der Waals surface area contributed by atoms with Crippen LogP contribution in [-0.2, 0) is 22.7 Å². The van der Waals surface area contributed by atoms with Crippen molar-refractivity contribution in [2.75, 3.05) is 26.9 Å². The number of hydrogen-bond donors (Lipinski definition) is 1. The van der Waals surface area contributed by atoms with E-state index >= 15 is 0 Å². The first-order chi connectivity index (χ1) is 12.3. The molecule has 10 heteroatoms. The Bertz CT molecular complexity index is 593. The van der Waals surface area contributed by atoms with Crippen molar-refractivity contribution in [3.8, 4) is 0 Å². The molecule has 0 saturated carbocycles.